The van der Waals surface area contributed by atoms with E-state index in [9.17, 15) is 9.59 Å². The van der Waals surface area contributed by atoms with Gasteiger partial charge in [0, 0.05) is 16.6 Å². The average Bonchev–Trinajstić information content (AvgIpc) is 2.49. The molecular formula is C17H26ClN3O2. The quantitative estimate of drug-likeness (QED) is 0.714. The van der Waals surface area contributed by atoms with Crippen molar-refractivity contribution in [1.82, 2.24) is 16.0 Å². The zero-order valence-electron chi connectivity index (χ0n) is 14.2. The third-order valence-electron chi connectivity index (χ3n) is 3.86. The summed E-state index contributed by atoms with van der Waals surface area (Å²) in [5.41, 5.74) is 0.752. The van der Waals surface area contributed by atoms with Gasteiger partial charge in [-0.05, 0) is 44.4 Å². The predicted molar refractivity (Wildman–Crippen MR) is 93.5 cm³/mol. The van der Waals surface area contributed by atoms with Gasteiger partial charge < -0.3 is 5.32 Å². The molecule has 3 N–H and O–H groups in total. The Balaban J connectivity index is 2.71. The summed E-state index contributed by atoms with van der Waals surface area (Å²) < 4.78 is 0. The van der Waals surface area contributed by atoms with Crippen molar-refractivity contribution in [2.24, 2.45) is 0 Å². The summed E-state index contributed by atoms with van der Waals surface area (Å²) in [7, 11) is 0. The third kappa shape index (κ3) is 5.84. The van der Waals surface area contributed by atoms with Crippen LogP contribution in [0.5, 0.6) is 0 Å². The van der Waals surface area contributed by atoms with E-state index in [-0.39, 0.29) is 24.0 Å². The maximum atomic E-state index is 11.9. The molecule has 0 aromatic heterocycles. The van der Waals surface area contributed by atoms with Crippen molar-refractivity contribution < 1.29 is 9.59 Å². The minimum absolute atomic E-state index is 0.0183. The van der Waals surface area contributed by atoms with Crippen LogP contribution < -0.4 is 16.0 Å². The second-order valence-electron chi connectivity index (χ2n) is 5.83. The van der Waals surface area contributed by atoms with Crippen LogP contribution in [0.15, 0.2) is 24.3 Å². The number of halogens is 1. The van der Waals surface area contributed by atoms with E-state index in [0.29, 0.717) is 5.02 Å². The first kappa shape index (κ1) is 19.5. The molecule has 128 valence electrons. The number of rotatable bonds is 7. The Bertz CT molecular complexity index is 525. The molecule has 0 unspecified atom stereocenters. The smallest absolute Gasteiger partial charge is 0.321 e. The minimum atomic E-state index is -0.475. The lowest BCUT2D eigenvalue weighted by Crippen LogP contribution is -2.50. The van der Waals surface area contributed by atoms with Crippen molar-refractivity contribution in [1.29, 1.82) is 0 Å². The van der Waals surface area contributed by atoms with E-state index in [4.69, 9.17) is 11.6 Å². The van der Waals surface area contributed by atoms with Crippen LogP contribution in [0, 0.1) is 0 Å². The summed E-state index contributed by atoms with van der Waals surface area (Å²) in [5, 5.41) is 8.91. The number of nitrogens with one attached hydrogen (secondary N) is 3. The molecule has 5 nitrogen and oxygen atoms in total. The highest BCUT2D eigenvalue weighted by molar-refractivity contribution is 6.30. The number of carbonyl (C=O) groups is 2. The van der Waals surface area contributed by atoms with Gasteiger partial charge in [-0.1, -0.05) is 37.6 Å². The predicted octanol–water partition coefficient (Wildman–Crippen LogP) is 3.18. The van der Waals surface area contributed by atoms with Gasteiger partial charge in [-0.25, -0.2) is 4.79 Å². The summed E-state index contributed by atoms with van der Waals surface area (Å²) in [4.78, 5) is 23.5. The lowest BCUT2D eigenvalue weighted by atomic mass is 9.84. The Kier molecular flexibility index (Phi) is 7.52. The van der Waals surface area contributed by atoms with Crippen LogP contribution in [-0.4, -0.2) is 24.5 Å². The zero-order chi connectivity index (χ0) is 17.5. The van der Waals surface area contributed by atoms with Crippen molar-refractivity contribution in [2.45, 2.75) is 52.1 Å². The number of imide groups is 1. The molecule has 0 saturated heterocycles. The van der Waals surface area contributed by atoms with E-state index in [1.54, 1.807) is 0 Å². The molecular weight excluding hydrogens is 314 g/mol. The highest BCUT2D eigenvalue weighted by atomic mass is 35.5. The minimum Gasteiger partial charge on any atom is -0.336 e. The summed E-state index contributed by atoms with van der Waals surface area (Å²) in [6, 6.07) is 7.12. The topological polar surface area (TPSA) is 70.2 Å². The van der Waals surface area contributed by atoms with Gasteiger partial charge in [0.25, 0.3) is 0 Å². The molecule has 1 rings (SSSR count). The molecule has 0 heterocycles. The number of urea groups is 1. The summed E-state index contributed by atoms with van der Waals surface area (Å²) in [6.07, 6.45) is 1.63. The largest absolute Gasteiger partial charge is 0.336 e. The zero-order valence-corrected chi connectivity index (χ0v) is 15.0. The number of carbonyl (C=O) groups excluding carboxylic acids is 2. The molecule has 0 saturated carbocycles. The molecule has 3 amide bonds. The van der Waals surface area contributed by atoms with E-state index in [1.165, 1.54) is 0 Å². The molecule has 1 aromatic rings. The molecule has 6 heteroatoms. The lowest BCUT2D eigenvalue weighted by Gasteiger charge is -2.33. The first-order valence-corrected chi connectivity index (χ1v) is 8.32. The fourth-order valence-electron chi connectivity index (χ4n) is 2.50. The van der Waals surface area contributed by atoms with Crippen LogP contribution >= 0.6 is 11.6 Å². The molecule has 0 aliphatic rings. The normalized spacial score (nSPS) is 11.4. The van der Waals surface area contributed by atoms with Crippen molar-refractivity contribution in [3.63, 3.8) is 0 Å². The highest BCUT2D eigenvalue weighted by Crippen LogP contribution is 2.29. The highest BCUT2D eigenvalue weighted by Gasteiger charge is 2.28. The molecule has 23 heavy (non-hydrogen) atoms. The van der Waals surface area contributed by atoms with Gasteiger partial charge in [0.2, 0.25) is 5.91 Å². The van der Waals surface area contributed by atoms with Crippen LogP contribution in [0.3, 0.4) is 0 Å². The van der Waals surface area contributed by atoms with Gasteiger partial charge in [0.1, 0.15) is 0 Å². The second kappa shape index (κ2) is 8.89. The van der Waals surface area contributed by atoms with Gasteiger partial charge in [-0.3, -0.25) is 15.4 Å². The van der Waals surface area contributed by atoms with Crippen LogP contribution in [0.2, 0.25) is 5.02 Å². The van der Waals surface area contributed by atoms with Crippen LogP contribution in [0.1, 0.15) is 46.1 Å². The number of amides is 3. The first-order valence-electron chi connectivity index (χ1n) is 7.94. The average molecular weight is 340 g/mol. The Morgan fingerprint density at radius 3 is 2.17 bits per heavy atom. The Hall–Kier alpha value is -1.59. The number of hydrogen-bond donors (Lipinski definition) is 3. The van der Waals surface area contributed by atoms with Gasteiger partial charge in [-0.15, -0.1) is 0 Å². The number of hydrogen-bond acceptors (Lipinski definition) is 3. The van der Waals surface area contributed by atoms with Crippen LogP contribution in [-0.2, 0) is 10.3 Å². The summed E-state index contributed by atoms with van der Waals surface area (Å²) >= 11 is 5.95. The van der Waals surface area contributed by atoms with Crippen molar-refractivity contribution in [2.75, 3.05) is 6.54 Å². The molecule has 0 fully saturated rings. The summed E-state index contributed by atoms with van der Waals surface area (Å²) in [5.74, 6) is -0.358. The van der Waals surface area contributed by atoms with Gasteiger partial charge in [-0.2, -0.15) is 0 Å². The maximum Gasteiger partial charge on any atom is 0.321 e. The fourth-order valence-corrected chi connectivity index (χ4v) is 2.62. The van der Waals surface area contributed by atoms with Crippen molar-refractivity contribution in [3.8, 4) is 0 Å². The van der Waals surface area contributed by atoms with Crippen molar-refractivity contribution >= 4 is 23.5 Å². The molecule has 0 aliphatic carbocycles. The molecule has 1 aromatic carbocycles. The summed E-state index contributed by atoms with van der Waals surface area (Å²) in [6.45, 7) is 7.86. The molecule has 0 radical (unpaired) electrons. The molecule has 0 spiro atoms. The van der Waals surface area contributed by atoms with E-state index in [0.717, 1.165) is 18.4 Å². The number of benzene rings is 1. The van der Waals surface area contributed by atoms with Crippen molar-refractivity contribution in [3.05, 3.63) is 34.9 Å². The molecule has 0 aliphatic heterocycles. The second-order valence-corrected chi connectivity index (χ2v) is 6.26. The SMILES string of the molecule is CCC(CC)(NCC(=O)NC(=O)NC(C)C)c1ccc(Cl)cc1. The van der Waals surface area contributed by atoms with Gasteiger partial charge in [0.05, 0.1) is 6.54 Å². The van der Waals surface area contributed by atoms with Gasteiger partial charge >= 0.3 is 6.03 Å². The molecule has 0 atom stereocenters. The Labute approximate surface area is 143 Å². The van der Waals surface area contributed by atoms with Gasteiger partial charge in [0.15, 0.2) is 0 Å². The fraction of sp³-hybridized carbons (Fsp3) is 0.529. The Morgan fingerprint density at radius 2 is 1.70 bits per heavy atom. The van der Waals surface area contributed by atoms with Crippen LogP contribution in [0.25, 0.3) is 0 Å². The lowest BCUT2D eigenvalue weighted by molar-refractivity contribution is -0.119. The third-order valence-corrected chi connectivity index (χ3v) is 4.12. The van der Waals surface area contributed by atoms with E-state index in [1.807, 2.05) is 38.1 Å². The standard InChI is InChI=1S/C17H26ClN3O2/c1-5-17(6-2,13-7-9-14(18)10-8-13)19-11-15(22)21-16(23)20-12(3)4/h7-10,12,19H,5-6,11H2,1-4H3,(H2,20,21,22,23). The van der Waals surface area contributed by atoms with E-state index in [2.05, 4.69) is 29.8 Å². The first-order chi connectivity index (χ1) is 10.8. The van der Waals surface area contributed by atoms with Crippen LogP contribution in [0.4, 0.5) is 4.79 Å². The van der Waals surface area contributed by atoms with E-state index >= 15 is 0 Å². The Morgan fingerprint density at radius 1 is 1.13 bits per heavy atom. The maximum absolute atomic E-state index is 11.9. The van der Waals surface area contributed by atoms with E-state index < -0.39 is 6.03 Å². The molecule has 0 bridgehead atoms. The monoisotopic (exact) mass is 339 g/mol.